The molecule has 0 saturated heterocycles. The van der Waals surface area contributed by atoms with E-state index < -0.39 is 0 Å². The van der Waals surface area contributed by atoms with Crippen LogP contribution < -0.4 is 0 Å². The van der Waals surface area contributed by atoms with Crippen LogP contribution in [-0.4, -0.2) is 4.40 Å². The monoisotopic (exact) mass is 373 g/mol. The maximum Gasteiger partial charge on any atom is 0.0613 e. The van der Waals surface area contributed by atoms with E-state index in [0.717, 1.165) is 0 Å². The smallest absolute Gasteiger partial charge is 0.0613 e. The van der Waals surface area contributed by atoms with Crippen molar-refractivity contribution in [1.29, 1.82) is 0 Å². The molecule has 0 unspecified atom stereocenters. The van der Waals surface area contributed by atoms with E-state index in [2.05, 4.69) is 95.5 Å². The van der Waals surface area contributed by atoms with Gasteiger partial charge in [-0.15, -0.1) is 11.3 Å². The van der Waals surface area contributed by atoms with Gasteiger partial charge in [-0.25, -0.2) is 0 Å². The molecule has 2 heteroatoms. The number of aromatic nitrogens is 1. The lowest BCUT2D eigenvalue weighted by molar-refractivity contribution is 1.30. The molecule has 28 heavy (non-hydrogen) atoms. The summed E-state index contributed by atoms with van der Waals surface area (Å²) < 4.78 is 5.11. The summed E-state index contributed by atoms with van der Waals surface area (Å²) in [7, 11) is 0. The van der Waals surface area contributed by atoms with Gasteiger partial charge >= 0.3 is 0 Å². The van der Waals surface area contributed by atoms with Crippen LogP contribution in [0.2, 0.25) is 0 Å². The first kappa shape index (κ1) is 14.7. The predicted molar refractivity (Wildman–Crippen MR) is 123 cm³/mol. The SMILES string of the molecule is c1ccc2c(c1)cn1c3cc4c(cc3c3ccccc3c21)sc1ccccc14. The van der Waals surface area contributed by atoms with Crippen LogP contribution in [0.25, 0.3) is 58.1 Å². The molecule has 0 fully saturated rings. The Morgan fingerprint density at radius 2 is 1.25 bits per heavy atom. The number of nitrogens with zero attached hydrogens (tertiary/aromatic N) is 1. The number of thiophene rings is 1. The zero-order valence-corrected chi connectivity index (χ0v) is 15.8. The summed E-state index contributed by atoms with van der Waals surface area (Å²) in [6.07, 6.45) is 2.29. The number of benzene rings is 4. The molecule has 0 N–H and O–H groups in total. The number of rotatable bonds is 0. The van der Waals surface area contributed by atoms with Gasteiger partial charge in [0.1, 0.15) is 0 Å². The van der Waals surface area contributed by atoms with E-state index in [1.54, 1.807) is 0 Å². The topological polar surface area (TPSA) is 4.41 Å². The number of pyridine rings is 1. The quantitative estimate of drug-likeness (QED) is 0.239. The van der Waals surface area contributed by atoms with Crippen molar-refractivity contribution >= 4 is 69.5 Å². The van der Waals surface area contributed by atoms with E-state index in [4.69, 9.17) is 0 Å². The van der Waals surface area contributed by atoms with E-state index in [1.807, 2.05) is 11.3 Å². The van der Waals surface area contributed by atoms with Gasteiger partial charge in [0.2, 0.25) is 0 Å². The van der Waals surface area contributed by atoms with Crippen molar-refractivity contribution in [2.45, 2.75) is 0 Å². The van der Waals surface area contributed by atoms with Crippen molar-refractivity contribution in [3.8, 4) is 0 Å². The van der Waals surface area contributed by atoms with Crippen molar-refractivity contribution in [3.05, 3.63) is 91.1 Å². The molecule has 7 aromatic rings. The summed E-state index contributed by atoms with van der Waals surface area (Å²) in [4.78, 5) is 0. The van der Waals surface area contributed by atoms with Crippen LogP contribution in [0.15, 0.2) is 91.1 Å². The van der Waals surface area contributed by atoms with Gasteiger partial charge < -0.3 is 4.40 Å². The lowest BCUT2D eigenvalue weighted by Gasteiger charge is -2.10. The summed E-state index contributed by atoms with van der Waals surface area (Å²) in [6.45, 7) is 0. The molecule has 1 nitrogen and oxygen atoms in total. The molecule has 0 spiro atoms. The first-order valence-corrected chi connectivity index (χ1v) is 10.4. The Balaban J connectivity index is 1.84. The van der Waals surface area contributed by atoms with Gasteiger partial charge in [-0.1, -0.05) is 66.7 Å². The third-order valence-corrected chi connectivity index (χ3v) is 7.09. The van der Waals surface area contributed by atoms with E-state index in [0.29, 0.717) is 0 Å². The molecule has 0 aliphatic carbocycles. The highest BCUT2D eigenvalue weighted by atomic mass is 32.1. The highest BCUT2D eigenvalue weighted by Gasteiger charge is 2.14. The maximum atomic E-state index is 2.40. The Hall–Kier alpha value is -3.36. The van der Waals surface area contributed by atoms with Crippen molar-refractivity contribution in [1.82, 2.24) is 4.40 Å². The Morgan fingerprint density at radius 3 is 2.14 bits per heavy atom. The number of fused-ring (bicyclic) bond motifs is 11. The third kappa shape index (κ3) is 1.76. The van der Waals surface area contributed by atoms with Gasteiger partial charge in [0.15, 0.2) is 0 Å². The van der Waals surface area contributed by atoms with Gasteiger partial charge in [0, 0.05) is 47.9 Å². The highest BCUT2D eigenvalue weighted by Crippen LogP contribution is 2.40. The summed E-state index contributed by atoms with van der Waals surface area (Å²) in [5, 5.41) is 9.27. The molecule has 7 rings (SSSR count). The fourth-order valence-corrected chi connectivity index (χ4v) is 5.85. The minimum Gasteiger partial charge on any atom is -0.315 e. The Kier molecular flexibility index (Phi) is 2.68. The number of hydrogen-bond acceptors (Lipinski definition) is 1. The highest BCUT2D eigenvalue weighted by molar-refractivity contribution is 7.25. The van der Waals surface area contributed by atoms with Crippen molar-refractivity contribution in [2.75, 3.05) is 0 Å². The van der Waals surface area contributed by atoms with Gasteiger partial charge in [-0.05, 0) is 23.6 Å². The molecule has 3 aromatic heterocycles. The minimum absolute atomic E-state index is 1.28. The van der Waals surface area contributed by atoms with E-state index >= 15 is 0 Å². The largest absolute Gasteiger partial charge is 0.315 e. The fourth-order valence-electron chi connectivity index (χ4n) is 4.72. The van der Waals surface area contributed by atoms with Crippen molar-refractivity contribution in [3.63, 3.8) is 0 Å². The lowest BCUT2D eigenvalue weighted by atomic mass is 10.0. The molecule has 4 aromatic carbocycles. The van der Waals surface area contributed by atoms with Gasteiger partial charge in [0.05, 0.1) is 11.0 Å². The summed E-state index contributed by atoms with van der Waals surface area (Å²) in [5.41, 5.74) is 2.58. The Bertz CT molecular complexity index is 1720. The lowest BCUT2D eigenvalue weighted by Crippen LogP contribution is -1.89. The molecule has 3 heterocycles. The molecule has 0 atom stereocenters. The molecule has 0 aliphatic rings. The van der Waals surface area contributed by atoms with Crippen LogP contribution in [0.3, 0.4) is 0 Å². The molecule has 0 bridgehead atoms. The molecular weight excluding hydrogens is 358 g/mol. The van der Waals surface area contributed by atoms with E-state index in [-0.39, 0.29) is 0 Å². The van der Waals surface area contributed by atoms with Crippen LogP contribution in [0.4, 0.5) is 0 Å². The summed E-state index contributed by atoms with van der Waals surface area (Å²) >= 11 is 1.89. The van der Waals surface area contributed by atoms with Gasteiger partial charge in [0.25, 0.3) is 0 Å². The Labute approximate surface area is 165 Å². The second-order valence-corrected chi connectivity index (χ2v) is 8.53. The molecule has 0 aliphatic heterocycles. The van der Waals surface area contributed by atoms with Crippen LogP contribution in [0.1, 0.15) is 0 Å². The van der Waals surface area contributed by atoms with Crippen LogP contribution >= 0.6 is 11.3 Å². The van der Waals surface area contributed by atoms with Gasteiger partial charge in [-0.2, -0.15) is 0 Å². The second kappa shape index (κ2) is 5.12. The molecule has 130 valence electrons. The fraction of sp³-hybridized carbons (Fsp3) is 0. The zero-order valence-electron chi connectivity index (χ0n) is 15.0. The van der Waals surface area contributed by atoms with E-state index in [9.17, 15) is 0 Å². The van der Waals surface area contributed by atoms with E-state index in [1.165, 1.54) is 58.1 Å². The normalized spacial score (nSPS) is 12.3. The van der Waals surface area contributed by atoms with Crippen molar-refractivity contribution in [2.24, 2.45) is 0 Å². The molecular formula is C26H15NS. The first-order chi connectivity index (χ1) is 13.9. The maximum absolute atomic E-state index is 2.40. The summed E-state index contributed by atoms with van der Waals surface area (Å²) in [6, 6.07) is 31.0. The molecule has 0 radical (unpaired) electrons. The van der Waals surface area contributed by atoms with Crippen molar-refractivity contribution < 1.29 is 0 Å². The van der Waals surface area contributed by atoms with Crippen LogP contribution in [-0.2, 0) is 0 Å². The third-order valence-electron chi connectivity index (χ3n) is 5.95. The van der Waals surface area contributed by atoms with Crippen LogP contribution in [0, 0.1) is 0 Å². The average molecular weight is 373 g/mol. The van der Waals surface area contributed by atoms with Crippen LogP contribution in [0.5, 0.6) is 0 Å². The standard InChI is InChI=1S/C26H15NS/c1-2-8-17-16(7-1)15-27-23-13-22-19-10-5-6-12-24(19)28-25(22)14-21(23)18-9-3-4-11-20(18)26(17)27/h1-15H. The zero-order chi connectivity index (χ0) is 18.2. The summed E-state index contributed by atoms with van der Waals surface area (Å²) in [5.74, 6) is 0. The Morgan fingerprint density at radius 1 is 0.536 bits per heavy atom. The predicted octanol–water partition coefficient (Wildman–Crippen LogP) is 7.77. The molecule has 0 amide bonds. The molecule has 0 saturated carbocycles. The average Bonchev–Trinajstić information content (AvgIpc) is 3.31. The number of hydrogen-bond donors (Lipinski definition) is 0. The first-order valence-electron chi connectivity index (χ1n) is 9.54. The second-order valence-electron chi connectivity index (χ2n) is 7.44. The van der Waals surface area contributed by atoms with Gasteiger partial charge in [-0.3, -0.25) is 0 Å². The minimum atomic E-state index is 1.28.